The fraction of sp³-hybridized carbons (Fsp3) is 0.531. The average molecular weight is 529 g/mol. The van der Waals surface area contributed by atoms with Crippen LogP contribution in [0.3, 0.4) is 0 Å². The van der Waals surface area contributed by atoms with E-state index in [0.717, 1.165) is 43.7 Å². The Morgan fingerprint density at radius 2 is 2.05 bits per heavy atom. The summed E-state index contributed by atoms with van der Waals surface area (Å²) in [7, 11) is 1.98. The number of likely N-dealkylation sites (tertiary alicyclic amines) is 1. The summed E-state index contributed by atoms with van der Waals surface area (Å²) in [5.74, 6) is 1.97. The van der Waals surface area contributed by atoms with E-state index in [4.69, 9.17) is 4.74 Å². The summed E-state index contributed by atoms with van der Waals surface area (Å²) in [6.45, 7) is 4.80. The molecule has 0 radical (unpaired) electrons. The number of amides is 1. The van der Waals surface area contributed by atoms with Crippen molar-refractivity contribution in [3.05, 3.63) is 58.5 Å². The lowest BCUT2D eigenvalue weighted by atomic mass is 9.43. The van der Waals surface area contributed by atoms with Gasteiger partial charge in [-0.25, -0.2) is 0 Å². The van der Waals surface area contributed by atoms with Crippen molar-refractivity contribution in [2.75, 3.05) is 20.1 Å². The van der Waals surface area contributed by atoms with Crippen LogP contribution in [0.5, 0.6) is 11.5 Å². The van der Waals surface area contributed by atoms with Gasteiger partial charge in [0, 0.05) is 35.3 Å². The molecule has 3 aliphatic carbocycles. The summed E-state index contributed by atoms with van der Waals surface area (Å²) in [6, 6.07) is 12.9. The van der Waals surface area contributed by atoms with Crippen molar-refractivity contribution in [3.8, 4) is 11.5 Å². The molecule has 2 saturated carbocycles. The van der Waals surface area contributed by atoms with Crippen LogP contribution in [-0.2, 0) is 23.1 Å². The van der Waals surface area contributed by atoms with E-state index < -0.39 is 0 Å². The number of fused-ring (bicyclic) bond motifs is 1. The maximum absolute atomic E-state index is 13.8. The molecule has 6 heteroatoms. The van der Waals surface area contributed by atoms with E-state index in [-0.39, 0.29) is 34.6 Å². The number of thiophene rings is 1. The molecule has 1 aromatic heterocycles. The Labute approximate surface area is 228 Å². The number of phenolic OH excluding ortho intramolecular Hbond substituents is 1. The first-order valence-corrected chi connectivity index (χ1v) is 15.3. The molecule has 2 aliphatic heterocycles. The predicted molar refractivity (Wildman–Crippen MR) is 150 cm³/mol. The number of hydrogen-bond acceptors (Lipinski definition) is 5. The van der Waals surface area contributed by atoms with Gasteiger partial charge in [0.25, 0.3) is 0 Å². The molecule has 1 spiro atoms. The largest absolute Gasteiger partial charge is 0.504 e. The molecular weight excluding hydrogens is 492 g/mol. The third kappa shape index (κ3) is 2.99. The molecule has 8 rings (SSSR count). The van der Waals surface area contributed by atoms with Gasteiger partial charge >= 0.3 is 0 Å². The van der Waals surface area contributed by atoms with Gasteiger partial charge in [-0.2, -0.15) is 0 Å². The number of hydrogen-bond donors (Lipinski definition) is 1. The summed E-state index contributed by atoms with van der Waals surface area (Å²) in [5, 5.41) is 14.3. The highest BCUT2D eigenvalue weighted by Gasteiger charge is 2.71. The molecule has 2 aromatic carbocycles. The van der Waals surface area contributed by atoms with Crippen LogP contribution in [0.4, 0.5) is 0 Å². The molecule has 0 unspecified atom stereocenters. The van der Waals surface area contributed by atoms with Crippen molar-refractivity contribution in [1.29, 1.82) is 0 Å². The van der Waals surface area contributed by atoms with E-state index in [9.17, 15) is 9.90 Å². The first-order chi connectivity index (χ1) is 18.4. The summed E-state index contributed by atoms with van der Waals surface area (Å²) in [4.78, 5) is 18.6. The van der Waals surface area contributed by atoms with Crippen LogP contribution in [-0.4, -0.2) is 59.1 Å². The number of rotatable bonds is 5. The highest BCUT2D eigenvalue weighted by molar-refractivity contribution is 7.17. The van der Waals surface area contributed by atoms with Crippen molar-refractivity contribution in [1.82, 2.24) is 9.80 Å². The molecule has 1 amide bonds. The number of carbonyl (C=O) groups is 1. The van der Waals surface area contributed by atoms with Crippen LogP contribution in [0.15, 0.2) is 41.8 Å². The van der Waals surface area contributed by atoms with Crippen molar-refractivity contribution < 1.29 is 14.6 Å². The second kappa shape index (κ2) is 7.98. The van der Waals surface area contributed by atoms with Gasteiger partial charge in [0.05, 0.1) is 12.5 Å². The lowest BCUT2D eigenvalue weighted by Crippen LogP contribution is -2.73. The molecule has 5 atom stereocenters. The van der Waals surface area contributed by atoms with Gasteiger partial charge in [-0.05, 0) is 96.5 Å². The molecule has 1 N–H and O–H groups in total. The zero-order chi connectivity index (χ0) is 25.8. The normalized spacial score (nSPS) is 33.2. The third-order valence-corrected chi connectivity index (χ3v) is 12.0. The Kier molecular flexibility index (Phi) is 4.90. The third-order valence-electron chi connectivity index (χ3n) is 11.1. The molecule has 3 aromatic rings. The minimum absolute atomic E-state index is 0.00867. The molecule has 3 fully saturated rings. The zero-order valence-electron chi connectivity index (χ0n) is 22.3. The van der Waals surface area contributed by atoms with E-state index in [1.54, 1.807) is 11.3 Å². The maximum Gasteiger partial charge on any atom is 0.227 e. The van der Waals surface area contributed by atoms with Crippen LogP contribution < -0.4 is 4.74 Å². The Morgan fingerprint density at radius 3 is 2.89 bits per heavy atom. The number of carbonyl (C=O) groups excluding carboxylic acids is 1. The SMILES string of the molecule is CN(C(=O)Cc1cccc2sccc12)[C@@H]1CC[C@@]2(C)[C@@H]3Cc4ccc(O)c5c4[C@@]2(CCN3CC2CC2)[C@H]1O5. The topological polar surface area (TPSA) is 53.0 Å². The monoisotopic (exact) mass is 528 g/mol. The number of ether oxygens (including phenoxy) is 1. The van der Waals surface area contributed by atoms with E-state index in [0.29, 0.717) is 18.2 Å². The van der Waals surface area contributed by atoms with E-state index in [1.165, 1.54) is 40.6 Å². The van der Waals surface area contributed by atoms with E-state index in [2.05, 4.69) is 47.5 Å². The van der Waals surface area contributed by atoms with Gasteiger partial charge in [-0.3, -0.25) is 9.69 Å². The Hall–Kier alpha value is -2.57. The summed E-state index contributed by atoms with van der Waals surface area (Å²) >= 11 is 1.72. The van der Waals surface area contributed by atoms with Crippen LogP contribution in [0, 0.1) is 11.3 Å². The van der Waals surface area contributed by atoms with E-state index in [1.807, 2.05) is 18.0 Å². The van der Waals surface area contributed by atoms with Crippen LogP contribution in [0.25, 0.3) is 10.1 Å². The quantitative estimate of drug-likeness (QED) is 0.474. The van der Waals surface area contributed by atoms with Crippen molar-refractivity contribution in [2.45, 2.75) is 75.5 Å². The van der Waals surface area contributed by atoms with Crippen molar-refractivity contribution in [2.24, 2.45) is 11.3 Å². The van der Waals surface area contributed by atoms with E-state index >= 15 is 0 Å². The molecule has 1 saturated heterocycles. The summed E-state index contributed by atoms with van der Waals surface area (Å²) in [5.41, 5.74) is 3.62. The number of benzene rings is 2. The number of aromatic hydroxyl groups is 1. The fourth-order valence-corrected chi connectivity index (χ4v) is 9.82. The predicted octanol–water partition coefficient (Wildman–Crippen LogP) is 5.52. The molecule has 38 heavy (non-hydrogen) atoms. The van der Waals surface area contributed by atoms with Crippen LogP contribution in [0.1, 0.15) is 55.7 Å². The zero-order valence-corrected chi connectivity index (χ0v) is 23.1. The maximum atomic E-state index is 13.8. The minimum Gasteiger partial charge on any atom is -0.504 e. The lowest BCUT2D eigenvalue weighted by Gasteiger charge is -2.66. The molecule has 3 heterocycles. The molecule has 5 nitrogen and oxygen atoms in total. The second-order valence-electron chi connectivity index (χ2n) is 12.8. The standard InChI is InChI=1S/C32H36N2O3S/c1-31-12-10-23(33(2)27(36)17-20-4-3-5-25-22(20)11-15-38-25)30-32(31)13-14-34(18-19-6-7-19)26(31)16-21-8-9-24(35)29(37-30)28(21)32/h3-5,8-9,11,15,19,23,26,30,35H,6-7,10,12-14,16-18H2,1-2H3/t23-,26+,30+,31+,32+/m1/s1. The van der Waals surface area contributed by atoms with Crippen LogP contribution in [0.2, 0.25) is 0 Å². The molecule has 198 valence electrons. The van der Waals surface area contributed by atoms with Gasteiger partial charge in [-0.1, -0.05) is 25.1 Å². The number of piperidine rings is 1. The van der Waals surface area contributed by atoms with Gasteiger partial charge in [0.15, 0.2) is 11.5 Å². The Morgan fingerprint density at radius 1 is 1.18 bits per heavy atom. The van der Waals surface area contributed by atoms with Crippen LogP contribution >= 0.6 is 11.3 Å². The smallest absolute Gasteiger partial charge is 0.227 e. The van der Waals surface area contributed by atoms with Crippen molar-refractivity contribution in [3.63, 3.8) is 0 Å². The Bertz CT molecular complexity index is 1460. The van der Waals surface area contributed by atoms with Crippen molar-refractivity contribution >= 4 is 27.3 Å². The fourth-order valence-electron chi connectivity index (χ4n) is 8.99. The number of phenols is 1. The molecule has 5 aliphatic rings. The van der Waals surface area contributed by atoms with Gasteiger partial charge < -0.3 is 14.7 Å². The highest BCUT2D eigenvalue weighted by atomic mass is 32.1. The number of nitrogens with zero attached hydrogens (tertiary/aromatic N) is 2. The summed E-state index contributed by atoms with van der Waals surface area (Å²) < 4.78 is 8.07. The minimum atomic E-state index is -0.162. The molecule has 2 bridgehead atoms. The average Bonchev–Trinajstić information content (AvgIpc) is 3.45. The Balaban J connectivity index is 1.17. The highest BCUT2D eigenvalue weighted by Crippen LogP contribution is 2.69. The molecular formula is C32H36N2O3S. The number of likely N-dealkylation sites (N-methyl/N-ethyl adjacent to an activating group) is 1. The van der Waals surface area contributed by atoms with Gasteiger partial charge in [0.2, 0.25) is 5.91 Å². The first kappa shape index (κ1) is 23.3. The van der Waals surface area contributed by atoms with Gasteiger partial charge in [-0.15, -0.1) is 11.3 Å². The second-order valence-corrected chi connectivity index (χ2v) is 13.8. The lowest BCUT2D eigenvalue weighted by molar-refractivity contribution is -0.153. The van der Waals surface area contributed by atoms with Gasteiger partial charge in [0.1, 0.15) is 6.10 Å². The summed E-state index contributed by atoms with van der Waals surface area (Å²) in [6.07, 6.45) is 7.11. The first-order valence-electron chi connectivity index (χ1n) is 14.4.